The topological polar surface area (TPSA) is 62.6 Å². The molecule has 0 spiro atoms. The molecule has 0 radical (unpaired) electrons. The molecule has 6 rings (SSSR count). The van der Waals surface area contributed by atoms with Gasteiger partial charge in [0.2, 0.25) is 0 Å². The highest BCUT2D eigenvalue weighted by Gasteiger charge is 2.33. The summed E-state index contributed by atoms with van der Waals surface area (Å²) >= 11 is 6.20. The van der Waals surface area contributed by atoms with Gasteiger partial charge in [0, 0.05) is 49.5 Å². The number of amides is 1. The molecule has 1 unspecified atom stereocenters. The summed E-state index contributed by atoms with van der Waals surface area (Å²) in [5, 5.41) is 13.6. The minimum Gasteiger partial charge on any atom is -0.360 e. The Balaban J connectivity index is 1.23. The molecule has 1 atom stereocenters. The number of halogens is 1. The van der Waals surface area contributed by atoms with Crippen LogP contribution in [0.15, 0.2) is 103 Å². The lowest BCUT2D eigenvalue weighted by Gasteiger charge is -2.36. The molecule has 0 saturated carbocycles. The Kier molecular flexibility index (Phi) is 6.93. The molecule has 3 heterocycles. The molecule has 194 valence electrons. The number of rotatable bonds is 5. The van der Waals surface area contributed by atoms with Crippen LogP contribution in [0.4, 0.5) is 0 Å². The van der Waals surface area contributed by atoms with E-state index in [9.17, 15) is 10.1 Å². The SMILES string of the molecule is N#Cc1cccc(C(=O)N2CCN(CC3=C(c4ccc(Cl)cc4)NC4C=CC(c5ccccc5)=CN34)CC2)c1. The van der Waals surface area contributed by atoms with E-state index in [-0.39, 0.29) is 12.1 Å². The Hall–Kier alpha value is -4.31. The van der Waals surface area contributed by atoms with Gasteiger partial charge in [-0.05, 0) is 53.1 Å². The van der Waals surface area contributed by atoms with Gasteiger partial charge in [-0.3, -0.25) is 9.69 Å². The first-order valence-electron chi connectivity index (χ1n) is 13.1. The molecule has 0 aromatic heterocycles. The average Bonchev–Trinajstić information content (AvgIpc) is 3.35. The Morgan fingerprint density at radius 1 is 0.949 bits per heavy atom. The normalized spacial score (nSPS) is 18.9. The van der Waals surface area contributed by atoms with Crippen LogP contribution in [0.2, 0.25) is 5.02 Å². The van der Waals surface area contributed by atoms with Crippen molar-refractivity contribution in [3.63, 3.8) is 0 Å². The second kappa shape index (κ2) is 10.8. The first kappa shape index (κ1) is 25.0. The molecule has 1 fully saturated rings. The highest BCUT2D eigenvalue weighted by Crippen LogP contribution is 2.34. The van der Waals surface area contributed by atoms with Crippen LogP contribution < -0.4 is 5.32 Å². The third-order valence-corrected chi connectivity index (χ3v) is 7.69. The maximum atomic E-state index is 13.1. The van der Waals surface area contributed by atoms with Gasteiger partial charge in [0.05, 0.1) is 23.0 Å². The molecule has 1 amide bonds. The van der Waals surface area contributed by atoms with E-state index in [4.69, 9.17) is 11.6 Å². The van der Waals surface area contributed by atoms with Crippen molar-refractivity contribution >= 4 is 28.8 Å². The van der Waals surface area contributed by atoms with Gasteiger partial charge in [-0.1, -0.05) is 66.2 Å². The predicted octanol–water partition coefficient (Wildman–Crippen LogP) is 5.18. The maximum absolute atomic E-state index is 13.1. The van der Waals surface area contributed by atoms with Crippen LogP contribution in [0.1, 0.15) is 27.0 Å². The number of piperazine rings is 1. The van der Waals surface area contributed by atoms with E-state index < -0.39 is 0 Å². The minimum absolute atomic E-state index is 0.0213. The van der Waals surface area contributed by atoms with Crippen LogP contribution in [0.5, 0.6) is 0 Å². The highest BCUT2D eigenvalue weighted by atomic mass is 35.5. The monoisotopic (exact) mass is 533 g/mol. The third kappa shape index (κ3) is 5.20. The fraction of sp³-hybridized carbons (Fsp3) is 0.188. The van der Waals surface area contributed by atoms with Gasteiger partial charge >= 0.3 is 0 Å². The van der Waals surface area contributed by atoms with E-state index in [1.54, 1.807) is 24.3 Å². The summed E-state index contributed by atoms with van der Waals surface area (Å²) < 4.78 is 0. The predicted molar refractivity (Wildman–Crippen MR) is 154 cm³/mol. The molecule has 0 bridgehead atoms. The van der Waals surface area contributed by atoms with Crippen molar-refractivity contribution in [2.24, 2.45) is 0 Å². The molecule has 3 aliphatic rings. The van der Waals surface area contributed by atoms with Gasteiger partial charge in [0.1, 0.15) is 6.17 Å². The van der Waals surface area contributed by atoms with E-state index in [2.05, 4.69) is 75.9 Å². The highest BCUT2D eigenvalue weighted by molar-refractivity contribution is 6.30. The lowest BCUT2D eigenvalue weighted by atomic mass is 10.0. The number of carbonyl (C=O) groups is 1. The van der Waals surface area contributed by atoms with Crippen molar-refractivity contribution in [1.82, 2.24) is 20.0 Å². The standard InChI is InChI=1S/C32H28ClN5O/c33-28-12-9-25(10-13-28)31-29(38-21-27(11-14-30(38)35-31)24-6-2-1-3-7-24)22-36-15-17-37(18-16-36)32(39)26-8-4-5-23(19-26)20-34/h1-14,19,21,30,35H,15-18,22H2. The van der Waals surface area contributed by atoms with E-state index in [0.717, 1.165) is 30.9 Å². The molecule has 3 aromatic rings. The minimum atomic E-state index is -0.0213. The number of nitrogens with zero attached hydrogens (tertiary/aromatic N) is 4. The molecular weight excluding hydrogens is 506 g/mol. The number of carbonyl (C=O) groups excluding carboxylic acids is 1. The van der Waals surface area contributed by atoms with Gasteiger partial charge in [-0.15, -0.1) is 0 Å². The van der Waals surface area contributed by atoms with Gasteiger partial charge in [0.15, 0.2) is 0 Å². The van der Waals surface area contributed by atoms with Crippen molar-refractivity contribution in [2.75, 3.05) is 32.7 Å². The second-order valence-electron chi connectivity index (χ2n) is 9.90. The molecule has 6 nitrogen and oxygen atoms in total. The van der Waals surface area contributed by atoms with E-state index in [1.807, 2.05) is 23.1 Å². The summed E-state index contributed by atoms with van der Waals surface area (Å²) in [6.45, 7) is 3.57. The third-order valence-electron chi connectivity index (χ3n) is 7.44. The molecule has 3 aromatic carbocycles. The number of nitrogens with one attached hydrogen (secondary N) is 1. The molecular formula is C32H28ClN5O. The zero-order valence-electron chi connectivity index (χ0n) is 21.4. The number of benzene rings is 3. The first-order chi connectivity index (χ1) is 19.1. The van der Waals surface area contributed by atoms with Gasteiger partial charge in [0.25, 0.3) is 5.91 Å². The summed E-state index contributed by atoms with van der Waals surface area (Å²) in [6, 6.07) is 27.4. The Labute approximate surface area is 233 Å². The van der Waals surface area contributed by atoms with Crippen LogP contribution in [-0.2, 0) is 0 Å². The van der Waals surface area contributed by atoms with Gasteiger partial charge < -0.3 is 15.1 Å². The number of allylic oxidation sites excluding steroid dienone is 2. The van der Waals surface area contributed by atoms with Crippen LogP contribution in [0.3, 0.4) is 0 Å². The molecule has 39 heavy (non-hydrogen) atoms. The summed E-state index contributed by atoms with van der Waals surface area (Å²) in [7, 11) is 0. The average molecular weight is 534 g/mol. The van der Waals surface area contributed by atoms with Crippen LogP contribution >= 0.6 is 11.6 Å². The van der Waals surface area contributed by atoms with Crippen LogP contribution in [-0.4, -0.2) is 59.5 Å². The quantitative estimate of drug-likeness (QED) is 0.489. The Morgan fingerprint density at radius 3 is 2.46 bits per heavy atom. The van der Waals surface area contributed by atoms with Gasteiger partial charge in [-0.2, -0.15) is 5.26 Å². The first-order valence-corrected chi connectivity index (χ1v) is 13.5. The lowest BCUT2D eigenvalue weighted by molar-refractivity contribution is 0.0642. The van der Waals surface area contributed by atoms with Crippen LogP contribution in [0.25, 0.3) is 11.3 Å². The van der Waals surface area contributed by atoms with E-state index >= 15 is 0 Å². The number of nitriles is 1. The summed E-state index contributed by atoms with van der Waals surface area (Å²) in [4.78, 5) is 19.7. The molecule has 1 saturated heterocycles. The Morgan fingerprint density at radius 2 is 1.72 bits per heavy atom. The van der Waals surface area contributed by atoms with Crippen molar-refractivity contribution in [3.8, 4) is 6.07 Å². The largest absolute Gasteiger partial charge is 0.360 e. The Bertz CT molecular complexity index is 1510. The molecule has 7 heteroatoms. The van der Waals surface area contributed by atoms with Crippen molar-refractivity contribution in [2.45, 2.75) is 6.17 Å². The van der Waals surface area contributed by atoms with Crippen LogP contribution in [0, 0.1) is 11.3 Å². The molecule has 1 N–H and O–H groups in total. The number of hydrogen-bond donors (Lipinski definition) is 1. The van der Waals surface area contributed by atoms with Crippen molar-refractivity contribution in [1.29, 1.82) is 5.26 Å². The second-order valence-corrected chi connectivity index (χ2v) is 10.3. The molecule has 0 aliphatic carbocycles. The fourth-order valence-corrected chi connectivity index (χ4v) is 5.46. The maximum Gasteiger partial charge on any atom is 0.253 e. The summed E-state index contributed by atoms with van der Waals surface area (Å²) in [6.07, 6.45) is 6.65. The number of fused-ring (bicyclic) bond motifs is 1. The lowest BCUT2D eigenvalue weighted by Crippen LogP contribution is -2.49. The zero-order chi connectivity index (χ0) is 26.8. The summed E-state index contributed by atoms with van der Waals surface area (Å²) in [5.74, 6) is -0.0213. The fourth-order valence-electron chi connectivity index (χ4n) is 5.34. The van der Waals surface area contributed by atoms with E-state index in [1.165, 1.54) is 16.8 Å². The molecule has 3 aliphatic heterocycles. The van der Waals surface area contributed by atoms with Crippen molar-refractivity contribution in [3.05, 3.63) is 130 Å². The van der Waals surface area contributed by atoms with Crippen molar-refractivity contribution < 1.29 is 4.79 Å². The zero-order valence-corrected chi connectivity index (χ0v) is 22.2. The van der Waals surface area contributed by atoms with E-state index in [0.29, 0.717) is 29.2 Å². The van der Waals surface area contributed by atoms with Gasteiger partial charge in [-0.25, -0.2) is 0 Å². The summed E-state index contributed by atoms with van der Waals surface area (Å²) in [5.41, 5.74) is 6.80. The smallest absolute Gasteiger partial charge is 0.253 e. The number of hydrogen-bond acceptors (Lipinski definition) is 5.